The molecule has 1 atom stereocenters. The molecule has 1 unspecified atom stereocenters. The SMILES string of the molecule is Cc1ccc(NC2COc3cc(O)ccc32)cc1Cl. The third kappa shape index (κ3) is 2.34. The lowest BCUT2D eigenvalue weighted by molar-refractivity contribution is 0.338. The first-order chi connectivity index (χ1) is 9.13. The van der Waals surface area contributed by atoms with Gasteiger partial charge in [0.15, 0.2) is 0 Å². The highest BCUT2D eigenvalue weighted by Gasteiger charge is 2.24. The standard InChI is InChI=1S/C15H14ClNO2/c1-9-2-3-10(6-13(9)16)17-14-8-19-15-7-11(18)4-5-12(14)15/h2-7,14,17-18H,8H2,1H3. The van der Waals surface area contributed by atoms with Crippen LogP contribution in [0.5, 0.6) is 11.5 Å². The van der Waals surface area contributed by atoms with E-state index in [9.17, 15) is 5.11 Å². The van der Waals surface area contributed by atoms with Gasteiger partial charge in [-0.1, -0.05) is 17.7 Å². The van der Waals surface area contributed by atoms with E-state index in [1.165, 1.54) is 0 Å². The molecular formula is C15H14ClNO2. The summed E-state index contributed by atoms with van der Waals surface area (Å²) in [5.74, 6) is 0.952. The summed E-state index contributed by atoms with van der Waals surface area (Å²) in [5, 5.41) is 13.6. The van der Waals surface area contributed by atoms with Crippen LogP contribution in [0.1, 0.15) is 17.2 Å². The smallest absolute Gasteiger partial charge is 0.128 e. The Kier molecular flexibility index (Phi) is 2.99. The molecule has 98 valence electrons. The van der Waals surface area contributed by atoms with Gasteiger partial charge in [-0.05, 0) is 36.8 Å². The van der Waals surface area contributed by atoms with Gasteiger partial charge in [0.2, 0.25) is 0 Å². The number of nitrogens with one attached hydrogen (secondary N) is 1. The summed E-state index contributed by atoms with van der Waals surface area (Å²) in [6.07, 6.45) is 0. The number of aryl methyl sites for hydroxylation is 1. The Labute approximate surface area is 116 Å². The monoisotopic (exact) mass is 275 g/mol. The molecule has 0 bridgehead atoms. The van der Waals surface area contributed by atoms with Crippen LogP contribution < -0.4 is 10.1 Å². The van der Waals surface area contributed by atoms with Crippen LogP contribution in [0, 0.1) is 6.92 Å². The van der Waals surface area contributed by atoms with Crippen LogP contribution in [0.4, 0.5) is 5.69 Å². The summed E-state index contributed by atoms with van der Waals surface area (Å²) in [6.45, 7) is 2.52. The second-order valence-corrected chi connectivity index (χ2v) is 5.10. The molecule has 3 rings (SSSR count). The Balaban J connectivity index is 1.84. The summed E-state index contributed by atoms with van der Waals surface area (Å²) in [6, 6.07) is 11.2. The molecule has 0 amide bonds. The molecule has 0 radical (unpaired) electrons. The Bertz CT molecular complexity index is 628. The molecule has 0 aliphatic carbocycles. The second kappa shape index (κ2) is 4.67. The first kappa shape index (κ1) is 12.2. The van der Waals surface area contributed by atoms with Crippen molar-refractivity contribution in [3.05, 3.63) is 52.5 Å². The van der Waals surface area contributed by atoms with E-state index >= 15 is 0 Å². The van der Waals surface area contributed by atoms with E-state index < -0.39 is 0 Å². The number of hydrogen-bond donors (Lipinski definition) is 2. The summed E-state index contributed by atoms with van der Waals surface area (Å²) in [5.41, 5.74) is 3.07. The van der Waals surface area contributed by atoms with E-state index in [4.69, 9.17) is 16.3 Å². The van der Waals surface area contributed by atoms with Crippen LogP contribution in [0.2, 0.25) is 5.02 Å². The van der Waals surface area contributed by atoms with Crippen molar-refractivity contribution in [1.29, 1.82) is 0 Å². The zero-order chi connectivity index (χ0) is 13.4. The van der Waals surface area contributed by atoms with Crippen LogP contribution in [-0.4, -0.2) is 11.7 Å². The highest BCUT2D eigenvalue weighted by atomic mass is 35.5. The van der Waals surface area contributed by atoms with Crippen LogP contribution in [0.3, 0.4) is 0 Å². The van der Waals surface area contributed by atoms with Gasteiger partial charge in [-0.3, -0.25) is 0 Å². The van der Waals surface area contributed by atoms with Crippen molar-refractivity contribution in [3.63, 3.8) is 0 Å². The first-order valence-electron chi connectivity index (χ1n) is 6.12. The van der Waals surface area contributed by atoms with Crippen molar-refractivity contribution in [2.24, 2.45) is 0 Å². The Morgan fingerprint density at radius 3 is 2.89 bits per heavy atom. The van der Waals surface area contributed by atoms with Crippen LogP contribution in [0.15, 0.2) is 36.4 Å². The third-order valence-corrected chi connectivity index (χ3v) is 3.70. The quantitative estimate of drug-likeness (QED) is 0.873. The molecule has 1 aliphatic heterocycles. The van der Waals surface area contributed by atoms with Gasteiger partial charge < -0.3 is 15.2 Å². The fraction of sp³-hybridized carbons (Fsp3) is 0.200. The van der Waals surface area contributed by atoms with Crippen molar-refractivity contribution >= 4 is 17.3 Å². The molecule has 1 heterocycles. The minimum atomic E-state index is 0.0781. The van der Waals surface area contributed by atoms with Crippen molar-refractivity contribution in [3.8, 4) is 11.5 Å². The number of hydrogen-bond acceptors (Lipinski definition) is 3. The van der Waals surface area contributed by atoms with Gasteiger partial charge in [0, 0.05) is 22.3 Å². The molecule has 0 saturated carbocycles. The van der Waals surface area contributed by atoms with Crippen LogP contribution in [0.25, 0.3) is 0 Å². The molecule has 2 aromatic rings. The largest absolute Gasteiger partial charge is 0.508 e. The van der Waals surface area contributed by atoms with E-state index in [1.54, 1.807) is 12.1 Å². The number of fused-ring (bicyclic) bond motifs is 1. The first-order valence-corrected chi connectivity index (χ1v) is 6.50. The average molecular weight is 276 g/mol. The molecule has 0 fully saturated rings. The lowest BCUT2D eigenvalue weighted by Gasteiger charge is -2.14. The number of benzene rings is 2. The fourth-order valence-corrected chi connectivity index (χ4v) is 2.38. The van der Waals surface area contributed by atoms with Gasteiger partial charge in [-0.25, -0.2) is 0 Å². The molecule has 0 saturated heterocycles. The third-order valence-electron chi connectivity index (χ3n) is 3.29. The van der Waals surface area contributed by atoms with E-state index in [0.29, 0.717) is 6.61 Å². The van der Waals surface area contributed by atoms with E-state index in [-0.39, 0.29) is 11.8 Å². The van der Waals surface area contributed by atoms with E-state index in [2.05, 4.69) is 5.32 Å². The zero-order valence-corrected chi connectivity index (χ0v) is 11.2. The fourth-order valence-electron chi connectivity index (χ4n) is 2.20. The molecule has 19 heavy (non-hydrogen) atoms. The minimum absolute atomic E-state index is 0.0781. The maximum absolute atomic E-state index is 9.42. The average Bonchev–Trinajstić information content (AvgIpc) is 2.76. The number of ether oxygens (including phenoxy) is 1. The molecular weight excluding hydrogens is 262 g/mol. The lowest BCUT2D eigenvalue weighted by Crippen LogP contribution is -2.11. The summed E-state index contributed by atoms with van der Waals surface area (Å²) in [4.78, 5) is 0. The molecule has 0 spiro atoms. The number of rotatable bonds is 2. The minimum Gasteiger partial charge on any atom is -0.508 e. The van der Waals surface area contributed by atoms with Crippen molar-refractivity contribution in [2.45, 2.75) is 13.0 Å². The van der Waals surface area contributed by atoms with Crippen LogP contribution in [-0.2, 0) is 0 Å². The lowest BCUT2D eigenvalue weighted by atomic mass is 10.1. The number of phenolic OH excluding ortho intramolecular Hbond substituents is 1. The predicted molar refractivity (Wildman–Crippen MR) is 76.2 cm³/mol. The zero-order valence-electron chi connectivity index (χ0n) is 10.5. The molecule has 4 heteroatoms. The Morgan fingerprint density at radius 2 is 2.11 bits per heavy atom. The van der Waals surface area contributed by atoms with Gasteiger partial charge >= 0.3 is 0 Å². The van der Waals surface area contributed by atoms with Crippen LogP contribution >= 0.6 is 11.6 Å². The van der Waals surface area contributed by atoms with Gasteiger partial charge in [-0.15, -0.1) is 0 Å². The van der Waals surface area contributed by atoms with E-state index in [0.717, 1.165) is 27.6 Å². The molecule has 2 N–H and O–H groups in total. The maximum Gasteiger partial charge on any atom is 0.128 e. The van der Waals surface area contributed by atoms with Crippen molar-refractivity contribution in [2.75, 3.05) is 11.9 Å². The molecule has 0 aromatic heterocycles. The summed E-state index contributed by atoms with van der Waals surface area (Å²) < 4.78 is 5.56. The number of aromatic hydroxyl groups is 1. The molecule has 1 aliphatic rings. The van der Waals surface area contributed by atoms with Gasteiger partial charge in [0.05, 0.1) is 6.04 Å². The number of phenols is 1. The van der Waals surface area contributed by atoms with Crippen molar-refractivity contribution in [1.82, 2.24) is 0 Å². The van der Waals surface area contributed by atoms with Gasteiger partial charge in [-0.2, -0.15) is 0 Å². The molecule has 3 nitrogen and oxygen atoms in total. The van der Waals surface area contributed by atoms with Gasteiger partial charge in [0.25, 0.3) is 0 Å². The molecule has 2 aromatic carbocycles. The van der Waals surface area contributed by atoms with Gasteiger partial charge in [0.1, 0.15) is 18.1 Å². The Morgan fingerprint density at radius 1 is 1.26 bits per heavy atom. The van der Waals surface area contributed by atoms with Crippen molar-refractivity contribution < 1.29 is 9.84 Å². The highest BCUT2D eigenvalue weighted by Crippen LogP contribution is 2.37. The number of anilines is 1. The maximum atomic E-state index is 9.42. The predicted octanol–water partition coefficient (Wildman–Crippen LogP) is 3.90. The number of halogens is 1. The topological polar surface area (TPSA) is 41.5 Å². The summed E-state index contributed by atoms with van der Waals surface area (Å²) >= 11 is 6.12. The van der Waals surface area contributed by atoms with E-state index in [1.807, 2.05) is 31.2 Å². The summed E-state index contributed by atoms with van der Waals surface area (Å²) in [7, 11) is 0. The normalized spacial score (nSPS) is 16.8. The highest BCUT2D eigenvalue weighted by molar-refractivity contribution is 6.31. The second-order valence-electron chi connectivity index (χ2n) is 4.69. The Hall–Kier alpha value is -1.87.